The van der Waals surface area contributed by atoms with E-state index >= 15 is 17.6 Å². The SMILES string of the molecule is CC(C)(C)c1cc(N(c2cc(-c3cccc(F)c3)cc(-c3cccc(F)c3)c2)c2ccc3ccc4c(N(c5cc(-c6cccc(F)c6)cc(-c6cccc(F)c6)c5)c5cc(C(C)(C)C)cc(C(C)(C)C)c5)ccc5ccc2c3c54)cc(C(C)(C)C)c1. The van der Waals surface area contributed by atoms with Crippen LogP contribution in [0.15, 0.2) is 218 Å². The van der Waals surface area contributed by atoms with E-state index in [1.165, 1.54) is 46.5 Å². The lowest BCUT2D eigenvalue weighted by molar-refractivity contribution is 0.568. The normalized spacial score (nSPS) is 12.4. The lowest BCUT2D eigenvalue weighted by Gasteiger charge is -2.33. The van der Waals surface area contributed by atoms with Crippen LogP contribution in [0.4, 0.5) is 51.7 Å². The summed E-state index contributed by atoms with van der Waals surface area (Å²) < 4.78 is 61.3. The third-order valence-corrected chi connectivity index (χ3v) is 16.9. The predicted molar refractivity (Wildman–Crippen MR) is 356 cm³/mol. The molecule has 0 saturated carbocycles. The maximum Gasteiger partial charge on any atom is 0.123 e. The zero-order valence-corrected chi connectivity index (χ0v) is 51.2. The smallest absolute Gasteiger partial charge is 0.123 e. The molecule has 2 nitrogen and oxygen atoms in total. The molecule has 0 atom stereocenters. The lowest BCUT2D eigenvalue weighted by atomic mass is 9.80. The van der Waals surface area contributed by atoms with E-state index in [2.05, 4.69) is 202 Å². The molecule has 0 N–H and O–H groups in total. The fraction of sp³-hybridized carbons (Fsp3) is 0.200. The Balaban J connectivity index is 1.18. The molecule has 430 valence electrons. The van der Waals surface area contributed by atoms with Gasteiger partial charge in [0.15, 0.2) is 0 Å². The van der Waals surface area contributed by atoms with Crippen LogP contribution in [-0.2, 0) is 21.7 Å². The minimum absolute atomic E-state index is 0.225. The number of hydrogen-bond acceptors (Lipinski definition) is 2. The van der Waals surface area contributed by atoms with Gasteiger partial charge >= 0.3 is 0 Å². The first kappa shape index (κ1) is 57.4. The van der Waals surface area contributed by atoms with E-state index < -0.39 is 0 Å². The summed E-state index contributed by atoms with van der Waals surface area (Å²) in [7, 11) is 0. The predicted octanol–water partition coefficient (Wildman–Crippen LogP) is 23.9. The number of rotatable bonds is 10. The summed E-state index contributed by atoms with van der Waals surface area (Å²) >= 11 is 0. The van der Waals surface area contributed by atoms with Crippen molar-refractivity contribution < 1.29 is 17.6 Å². The Bertz CT molecular complexity index is 4100. The van der Waals surface area contributed by atoms with E-state index in [-0.39, 0.29) is 44.9 Å². The highest BCUT2D eigenvalue weighted by Crippen LogP contribution is 2.51. The Morgan fingerprint density at radius 3 is 0.756 bits per heavy atom. The lowest BCUT2D eigenvalue weighted by Crippen LogP contribution is -2.19. The van der Waals surface area contributed by atoms with Crippen molar-refractivity contribution in [1.82, 2.24) is 0 Å². The minimum Gasteiger partial charge on any atom is -0.310 e. The van der Waals surface area contributed by atoms with Gasteiger partial charge in [0, 0.05) is 33.5 Å². The van der Waals surface area contributed by atoms with Gasteiger partial charge in [0.2, 0.25) is 0 Å². The summed E-state index contributed by atoms with van der Waals surface area (Å²) in [5, 5.41) is 6.29. The van der Waals surface area contributed by atoms with Gasteiger partial charge in [0.25, 0.3) is 0 Å². The molecular weight excluding hydrogens is 1060 g/mol. The molecule has 0 heterocycles. The average Bonchev–Trinajstić information content (AvgIpc) is 1.02. The van der Waals surface area contributed by atoms with Gasteiger partial charge in [0.1, 0.15) is 23.3 Å². The van der Waals surface area contributed by atoms with Gasteiger partial charge in [-0.15, -0.1) is 0 Å². The molecule has 86 heavy (non-hydrogen) atoms. The molecule has 0 radical (unpaired) electrons. The summed E-state index contributed by atoms with van der Waals surface area (Å²) in [6.45, 7) is 27.0. The first-order valence-electron chi connectivity index (χ1n) is 29.7. The second-order valence-corrected chi connectivity index (χ2v) is 27.4. The van der Waals surface area contributed by atoms with Crippen molar-refractivity contribution in [3.8, 4) is 44.5 Å². The van der Waals surface area contributed by atoms with Crippen molar-refractivity contribution in [1.29, 1.82) is 0 Å². The van der Waals surface area contributed by atoms with Gasteiger partial charge in [-0.2, -0.15) is 0 Å². The van der Waals surface area contributed by atoms with Crippen molar-refractivity contribution in [2.45, 2.75) is 105 Å². The molecule has 0 unspecified atom stereocenters. The molecule has 0 fully saturated rings. The Labute approximate surface area is 504 Å². The number of halogens is 4. The van der Waals surface area contributed by atoms with Crippen molar-refractivity contribution in [2.75, 3.05) is 9.80 Å². The van der Waals surface area contributed by atoms with Crippen LogP contribution < -0.4 is 9.80 Å². The van der Waals surface area contributed by atoms with Crippen molar-refractivity contribution >= 4 is 66.4 Å². The maximum atomic E-state index is 15.3. The summed E-state index contributed by atoms with van der Waals surface area (Å²) in [4.78, 5) is 4.68. The summed E-state index contributed by atoms with van der Waals surface area (Å²) in [5.41, 5.74) is 15.1. The standard InChI is InChI=1S/C80H72F4N2/c1-77(2,3)59-43-60(78(4,5)6)46-69(45-59)85(67-39-55(51-17-13-21-63(81)35-51)33-56(40-67)52-18-14-22-64(82)36-52)73-31-27-49-26-30-72-74(32-28-50-25-29-71(73)75(49)76(50)72)86(70-47-61(79(7,8)9)44-62(48-70)80(10,11)12)68-41-57(53-19-15-23-65(83)37-53)34-58(42-68)54-20-16-24-66(84)38-54/h13-48H,1-12H3. The van der Waals surface area contributed by atoms with Gasteiger partial charge in [-0.25, -0.2) is 17.6 Å². The van der Waals surface area contributed by atoms with Crippen LogP contribution in [-0.4, -0.2) is 0 Å². The second kappa shape index (κ2) is 21.5. The van der Waals surface area contributed by atoms with Gasteiger partial charge in [-0.3, -0.25) is 0 Å². The number of hydrogen-bond donors (Lipinski definition) is 0. The van der Waals surface area contributed by atoms with E-state index in [0.29, 0.717) is 22.3 Å². The van der Waals surface area contributed by atoms with Crippen LogP contribution >= 0.6 is 0 Å². The quantitative estimate of drug-likeness (QED) is 0.0995. The van der Waals surface area contributed by atoms with Crippen LogP contribution in [0.25, 0.3) is 76.8 Å². The average molecular weight is 1140 g/mol. The fourth-order valence-electron chi connectivity index (χ4n) is 12.0. The highest BCUT2D eigenvalue weighted by atomic mass is 19.1. The largest absolute Gasteiger partial charge is 0.310 e. The number of nitrogens with zero attached hydrogens (tertiary/aromatic N) is 2. The molecule has 6 heteroatoms. The van der Waals surface area contributed by atoms with E-state index in [1.54, 1.807) is 48.5 Å². The van der Waals surface area contributed by atoms with Crippen molar-refractivity contribution in [3.05, 3.63) is 264 Å². The highest BCUT2D eigenvalue weighted by Gasteiger charge is 2.29. The van der Waals surface area contributed by atoms with E-state index in [1.807, 2.05) is 36.4 Å². The molecule has 0 aliphatic heterocycles. The van der Waals surface area contributed by atoms with Crippen LogP contribution in [0.3, 0.4) is 0 Å². The fourth-order valence-corrected chi connectivity index (χ4v) is 12.0. The zero-order valence-electron chi connectivity index (χ0n) is 51.2. The molecule has 0 bridgehead atoms. The topological polar surface area (TPSA) is 6.48 Å². The van der Waals surface area contributed by atoms with Gasteiger partial charge < -0.3 is 9.80 Å². The summed E-state index contributed by atoms with van der Waals surface area (Å²) in [6.07, 6.45) is 0. The molecule has 0 aliphatic carbocycles. The molecule has 12 aromatic carbocycles. The Hall–Kier alpha value is -9.00. The Kier molecular flexibility index (Phi) is 14.4. The monoisotopic (exact) mass is 1140 g/mol. The maximum absolute atomic E-state index is 15.3. The van der Waals surface area contributed by atoms with Crippen LogP contribution in [0.5, 0.6) is 0 Å². The van der Waals surface area contributed by atoms with Crippen molar-refractivity contribution in [2.24, 2.45) is 0 Å². The second-order valence-electron chi connectivity index (χ2n) is 27.4. The zero-order chi connectivity index (χ0) is 60.8. The number of benzene rings is 12. The Morgan fingerprint density at radius 2 is 0.500 bits per heavy atom. The van der Waals surface area contributed by atoms with Gasteiger partial charge in [-0.05, 0) is 231 Å². The molecule has 12 rings (SSSR count). The molecule has 0 spiro atoms. The molecule has 0 aliphatic rings. The first-order chi connectivity index (χ1) is 40.7. The van der Waals surface area contributed by atoms with Crippen LogP contribution in [0, 0.1) is 23.3 Å². The van der Waals surface area contributed by atoms with Crippen LogP contribution in [0.1, 0.15) is 105 Å². The van der Waals surface area contributed by atoms with Crippen molar-refractivity contribution in [3.63, 3.8) is 0 Å². The number of anilines is 6. The highest BCUT2D eigenvalue weighted by molar-refractivity contribution is 6.28. The van der Waals surface area contributed by atoms with E-state index in [4.69, 9.17) is 0 Å². The van der Waals surface area contributed by atoms with Crippen LogP contribution in [0.2, 0.25) is 0 Å². The molecule has 0 amide bonds. The summed E-state index contributed by atoms with van der Waals surface area (Å²) in [6, 6.07) is 70.8. The summed E-state index contributed by atoms with van der Waals surface area (Å²) in [5.74, 6) is -1.40. The molecule has 0 saturated heterocycles. The van der Waals surface area contributed by atoms with Gasteiger partial charge in [0.05, 0.1) is 11.4 Å². The molecular formula is C80H72F4N2. The third kappa shape index (κ3) is 11.3. The molecule has 12 aromatic rings. The first-order valence-corrected chi connectivity index (χ1v) is 29.7. The van der Waals surface area contributed by atoms with Gasteiger partial charge in [-0.1, -0.05) is 180 Å². The Morgan fingerprint density at radius 1 is 0.244 bits per heavy atom. The third-order valence-electron chi connectivity index (χ3n) is 16.9. The van der Waals surface area contributed by atoms with E-state index in [0.717, 1.165) is 88.7 Å². The van der Waals surface area contributed by atoms with E-state index in [9.17, 15) is 0 Å². The minimum atomic E-state index is -0.350. The molecule has 0 aromatic heterocycles.